The monoisotopic (exact) mass is 415 g/mol. The molecule has 3 aromatic rings. The molecule has 0 aliphatic rings. The molecule has 0 saturated carbocycles. The first-order chi connectivity index (χ1) is 14.8. The Morgan fingerprint density at radius 1 is 1.10 bits per heavy atom. The Kier molecular flexibility index (Phi) is 5.98. The van der Waals surface area contributed by atoms with E-state index >= 15 is 0 Å². The van der Waals surface area contributed by atoms with E-state index in [1.54, 1.807) is 43.3 Å². The van der Waals surface area contributed by atoms with Gasteiger partial charge in [0.25, 0.3) is 11.8 Å². The Bertz CT molecular complexity index is 1250. The van der Waals surface area contributed by atoms with E-state index in [-0.39, 0.29) is 28.1 Å². The molecular formula is C23H17N3O5. The minimum Gasteiger partial charge on any atom is -0.478 e. The fraction of sp³-hybridized carbons (Fsp3) is 0.0435. The van der Waals surface area contributed by atoms with E-state index in [0.29, 0.717) is 11.3 Å². The van der Waals surface area contributed by atoms with Crippen molar-refractivity contribution >= 4 is 29.5 Å². The van der Waals surface area contributed by atoms with Crippen molar-refractivity contribution in [3.63, 3.8) is 0 Å². The van der Waals surface area contributed by atoms with Gasteiger partial charge in [0, 0.05) is 11.6 Å². The Balaban J connectivity index is 1.83. The van der Waals surface area contributed by atoms with E-state index in [9.17, 15) is 19.6 Å². The molecule has 154 valence electrons. The highest BCUT2D eigenvalue weighted by Gasteiger charge is 2.15. The lowest BCUT2D eigenvalue weighted by Crippen LogP contribution is -2.19. The number of amides is 2. The number of carbonyl (C=O) groups excluding carboxylic acids is 2. The molecule has 0 radical (unpaired) electrons. The minimum absolute atomic E-state index is 0.135. The summed E-state index contributed by atoms with van der Waals surface area (Å²) in [7, 11) is 0. The number of nitrogens with two attached hydrogens (primary N) is 1. The number of benzene rings is 2. The maximum absolute atomic E-state index is 12.5. The Labute approximate surface area is 177 Å². The zero-order valence-electron chi connectivity index (χ0n) is 16.4. The molecule has 1 heterocycles. The SMILES string of the molecule is Cc1ccc(NC(=O)/C(C#N)=C/c2ccc(-c3ccc(C(=O)O)cc3)o2)c(C(N)=O)c1. The Hall–Kier alpha value is -4.64. The molecule has 0 fully saturated rings. The first-order valence-electron chi connectivity index (χ1n) is 9.05. The van der Waals surface area contributed by atoms with Crippen molar-refractivity contribution in [2.24, 2.45) is 5.73 Å². The predicted octanol–water partition coefficient (Wildman–Crippen LogP) is 3.60. The van der Waals surface area contributed by atoms with Gasteiger partial charge in [0.1, 0.15) is 23.2 Å². The van der Waals surface area contributed by atoms with Gasteiger partial charge in [-0.05, 0) is 43.3 Å². The van der Waals surface area contributed by atoms with Crippen LogP contribution in [0.15, 0.2) is 64.6 Å². The van der Waals surface area contributed by atoms with Gasteiger partial charge in [-0.3, -0.25) is 9.59 Å². The van der Waals surface area contributed by atoms with E-state index in [1.807, 2.05) is 6.07 Å². The number of anilines is 1. The van der Waals surface area contributed by atoms with Gasteiger partial charge in [-0.2, -0.15) is 5.26 Å². The summed E-state index contributed by atoms with van der Waals surface area (Å²) in [5.41, 5.74) is 7.03. The van der Waals surface area contributed by atoms with Gasteiger partial charge in [0.05, 0.1) is 16.8 Å². The third kappa shape index (κ3) is 4.86. The number of carboxylic acid groups (broad SMARTS) is 1. The molecule has 0 bridgehead atoms. The molecule has 4 N–H and O–H groups in total. The lowest BCUT2D eigenvalue weighted by Gasteiger charge is -2.09. The molecule has 8 nitrogen and oxygen atoms in total. The van der Waals surface area contributed by atoms with Gasteiger partial charge in [-0.15, -0.1) is 0 Å². The van der Waals surface area contributed by atoms with Gasteiger partial charge in [0.15, 0.2) is 0 Å². The zero-order valence-corrected chi connectivity index (χ0v) is 16.4. The number of aromatic carboxylic acids is 1. The summed E-state index contributed by atoms with van der Waals surface area (Å²) >= 11 is 0. The molecular weight excluding hydrogens is 398 g/mol. The minimum atomic E-state index is -1.03. The zero-order chi connectivity index (χ0) is 22.5. The van der Waals surface area contributed by atoms with Crippen molar-refractivity contribution < 1.29 is 23.9 Å². The van der Waals surface area contributed by atoms with Crippen LogP contribution in [0.2, 0.25) is 0 Å². The van der Waals surface area contributed by atoms with E-state index in [1.165, 1.54) is 24.3 Å². The summed E-state index contributed by atoms with van der Waals surface area (Å²) in [6, 6.07) is 15.9. The topological polar surface area (TPSA) is 146 Å². The van der Waals surface area contributed by atoms with Crippen LogP contribution in [0.3, 0.4) is 0 Å². The number of hydrogen-bond donors (Lipinski definition) is 3. The van der Waals surface area contributed by atoms with Gasteiger partial charge < -0.3 is 20.6 Å². The highest BCUT2D eigenvalue weighted by atomic mass is 16.4. The van der Waals surface area contributed by atoms with Crippen molar-refractivity contribution in [2.75, 3.05) is 5.32 Å². The highest BCUT2D eigenvalue weighted by Crippen LogP contribution is 2.24. The lowest BCUT2D eigenvalue weighted by molar-refractivity contribution is -0.112. The summed E-state index contributed by atoms with van der Waals surface area (Å²) in [4.78, 5) is 35.1. The summed E-state index contributed by atoms with van der Waals surface area (Å²) in [5, 5.41) is 20.9. The number of primary amides is 1. The van der Waals surface area contributed by atoms with Crippen LogP contribution in [0.25, 0.3) is 17.4 Å². The van der Waals surface area contributed by atoms with Crippen molar-refractivity contribution in [3.8, 4) is 17.4 Å². The maximum atomic E-state index is 12.5. The Morgan fingerprint density at radius 2 is 1.81 bits per heavy atom. The number of hydrogen-bond acceptors (Lipinski definition) is 5. The largest absolute Gasteiger partial charge is 0.478 e. The number of aryl methyl sites for hydroxylation is 1. The molecule has 2 amide bonds. The molecule has 1 aromatic heterocycles. The van der Waals surface area contributed by atoms with Crippen LogP contribution in [0.5, 0.6) is 0 Å². The number of rotatable bonds is 6. The van der Waals surface area contributed by atoms with Crippen LogP contribution in [0, 0.1) is 18.3 Å². The highest BCUT2D eigenvalue weighted by molar-refractivity contribution is 6.12. The summed E-state index contributed by atoms with van der Waals surface area (Å²) in [6.07, 6.45) is 1.27. The molecule has 0 saturated heterocycles. The number of furan rings is 1. The average Bonchev–Trinajstić information content (AvgIpc) is 3.21. The van der Waals surface area contributed by atoms with E-state index in [0.717, 1.165) is 5.56 Å². The molecule has 0 aliphatic carbocycles. The predicted molar refractivity (Wildman–Crippen MR) is 113 cm³/mol. The maximum Gasteiger partial charge on any atom is 0.335 e. The molecule has 0 atom stereocenters. The summed E-state index contributed by atoms with van der Waals surface area (Å²) in [6.45, 7) is 1.78. The molecule has 31 heavy (non-hydrogen) atoms. The second-order valence-electron chi connectivity index (χ2n) is 6.62. The van der Waals surface area contributed by atoms with Crippen LogP contribution in [0.1, 0.15) is 32.0 Å². The number of nitrogens with zero attached hydrogens (tertiary/aromatic N) is 1. The number of carbonyl (C=O) groups is 3. The van der Waals surface area contributed by atoms with E-state index < -0.39 is 17.8 Å². The lowest BCUT2D eigenvalue weighted by atomic mass is 10.1. The van der Waals surface area contributed by atoms with E-state index in [4.69, 9.17) is 15.3 Å². The van der Waals surface area contributed by atoms with Gasteiger partial charge in [-0.25, -0.2) is 4.79 Å². The molecule has 0 unspecified atom stereocenters. The molecule has 0 aliphatic heterocycles. The van der Waals surface area contributed by atoms with Gasteiger partial charge >= 0.3 is 5.97 Å². The number of nitrogens with one attached hydrogen (secondary N) is 1. The first-order valence-corrected chi connectivity index (χ1v) is 9.05. The second kappa shape index (κ2) is 8.80. The molecule has 0 spiro atoms. The number of carboxylic acids is 1. The second-order valence-corrected chi connectivity index (χ2v) is 6.62. The standard InChI is InChI=1S/C23H17N3O5/c1-13-2-8-19(18(10-13)21(25)27)26-22(28)16(12-24)11-17-7-9-20(31-17)14-3-5-15(6-4-14)23(29)30/h2-11H,1H3,(H2,25,27)(H,26,28)(H,29,30)/b16-11+. The summed E-state index contributed by atoms with van der Waals surface area (Å²) < 4.78 is 5.65. The third-order valence-corrected chi connectivity index (χ3v) is 4.38. The third-order valence-electron chi connectivity index (χ3n) is 4.38. The van der Waals surface area contributed by atoms with Crippen LogP contribution in [-0.2, 0) is 4.79 Å². The van der Waals surface area contributed by atoms with Crippen molar-refractivity contribution in [1.82, 2.24) is 0 Å². The van der Waals surface area contributed by atoms with Crippen molar-refractivity contribution in [1.29, 1.82) is 5.26 Å². The Morgan fingerprint density at radius 3 is 2.42 bits per heavy atom. The fourth-order valence-corrected chi connectivity index (χ4v) is 2.81. The van der Waals surface area contributed by atoms with Crippen LogP contribution in [0.4, 0.5) is 5.69 Å². The van der Waals surface area contributed by atoms with Crippen LogP contribution >= 0.6 is 0 Å². The van der Waals surface area contributed by atoms with Gasteiger partial charge in [0.2, 0.25) is 0 Å². The summed E-state index contributed by atoms with van der Waals surface area (Å²) in [5.74, 6) is -1.77. The molecule has 8 heteroatoms. The fourth-order valence-electron chi connectivity index (χ4n) is 2.81. The number of nitriles is 1. The van der Waals surface area contributed by atoms with E-state index in [2.05, 4.69) is 5.32 Å². The normalized spacial score (nSPS) is 10.9. The van der Waals surface area contributed by atoms with Crippen molar-refractivity contribution in [3.05, 3.63) is 82.6 Å². The smallest absolute Gasteiger partial charge is 0.335 e. The van der Waals surface area contributed by atoms with Crippen molar-refractivity contribution in [2.45, 2.75) is 6.92 Å². The van der Waals surface area contributed by atoms with Crippen LogP contribution < -0.4 is 11.1 Å². The molecule has 3 rings (SSSR count). The van der Waals surface area contributed by atoms with Gasteiger partial charge in [-0.1, -0.05) is 23.8 Å². The molecule has 2 aromatic carbocycles. The first kappa shape index (κ1) is 21.1. The quantitative estimate of drug-likeness (QED) is 0.414. The average molecular weight is 415 g/mol. The van der Waals surface area contributed by atoms with Crippen LogP contribution in [-0.4, -0.2) is 22.9 Å².